The van der Waals surface area contributed by atoms with Gasteiger partial charge in [-0.3, -0.25) is 9.79 Å². The number of nitrogens with one attached hydrogen (secondary N) is 2. The molecule has 152 valence electrons. The summed E-state index contributed by atoms with van der Waals surface area (Å²) < 4.78 is 31.2. The third kappa shape index (κ3) is 7.19. The Bertz CT molecular complexity index is 843. The van der Waals surface area contributed by atoms with Gasteiger partial charge in [-0.05, 0) is 37.1 Å². The van der Waals surface area contributed by atoms with Crippen LogP contribution in [-0.4, -0.2) is 30.7 Å². The van der Waals surface area contributed by atoms with Crippen LogP contribution in [0.2, 0.25) is 5.02 Å². The Morgan fingerprint density at radius 3 is 2.79 bits per heavy atom. The lowest BCUT2D eigenvalue weighted by Crippen LogP contribution is -2.37. The molecule has 1 aromatic heterocycles. The average Bonchev–Trinajstić information content (AvgIpc) is 2.67. The molecule has 2 aromatic rings. The molecule has 6 nitrogen and oxygen atoms in total. The molecule has 0 unspecified atom stereocenters. The molecule has 1 aromatic carbocycles. The summed E-state index contributed by atoms with van der Waals surface area (Å²) in [6.07, 6.45) is 3.42. The first-order valence-corrected chi connectivity index (χ1v) is 9.20. The van der Waals surface area contributed by atoms with E-state index in [0.29, 0.717) is 29.6 Å². The molecule has 2 rings (SSSR count). The fraction of sp³-hybridized carbons (Fsp3) is 0.368. The van der Waals surface area contributed by atoms with Crippen LogP contribution in [0.5, 0.6) is 5.75 Å². The standard InChI is InChI=1S/C19H23ClF2N4O2/c1-23-19(24-9-3-5-11-26-10-4-2-6-17(26)27)25-13-14-12-15(20)7-8-16(14)28-18(21)22/h2,4,6-8,10,12,18H,3,5,9,11,13H2,1H3,(H2,23,24,25). The highest BCUT2D eigenvalue weighted by Crippen LogP contribution is 2.24. The minimum absolute atomic E-state index is 0.0173. The largest absolute Gasteiger partial charge is 0.434 e. The molecule has 1 heterocycles. The summed E-state index contributed by atoms with van der Waals surface area (Å²) in [5, 5.41) is 6.62. The van der Waals surface area contributed by atoms with E-state index < -0.39 is 6.61 Å². The van der Waals surface area contributed by atoms with E-state index in [2.05, 4.69) is 20.4 Å². The molecule has 0 spiro atoms. The topological polar surface area (TPSA) is 67.7 Å². The molecule has 28 heavy (non-hydrogen) atoms. The fourth-order valence-corrected chi connectivity index (χ4v) is 2.75. The van der Waals surface area contributed by atoms with E-state index in [1.165, 1.54) is 18.2 Å². The molecule has 0 aliphatic rings. The van der Waals surface area contributed by atoms with Gasteiger partial charge in [-0.2, -0.15) is 8.78 Å². The lowest BCUT2D eigenvalue weighted by Gasteiger charge is -2.15. The maximum Gasteiger partial charge on any atom is 0.387 e. The van der Waals surface area contributed by atoms with Crippen molar-refractivity contribution in [2.45, 2.75) is 32.5 Å². The molecule has 0 radical (unpaired) electrons. The van der Waals surface area contributed by atoms with Gasteiger partial charge in [0.2, 0.25) is 5.56 Å². The van der Waals surface area contributed by atoms with Gasteiger partial charge in [-0.1, -0.05) is 17.7 Å². The minimum atomic E-state index is -2.91. The maximum absolute atomic E-state index is 12.5. The molecule has 2 N–H and O–H groups in total. The van der Waals surface area contributed by atoms with Crippen LogP contribution in [0.1, 0.15) is 18.4 Å². The molecule has 0 atom stereocenters. The number of pyridine rings is 1. The number of nitrogens with zero attached hydrogens (tertiary/aromatic N) is 2. The number of aromatic nitrogens is 1. The predicted molar refractivity (Wildman–Crippen MR) is 106 cm³/mol. The summed E-state index contributed by atoms with van der Waals surface area (Å²) in [6.45, 7) is -1.39. The monoisotopic (exact) mass is 412 g/mol. The smallest absolute Gasteiger partial charge is 0.387 e. The fourth-order valence-electron chi connectivity index (χ4n) is 2.56. The summed E-state index contributed by atoms with van der Waals surface area (Å²) in [5.74, 6) is 0.593. The lowest BCUT2D eigenvalue weighted by molar-refractivity contribution is -0.0504. The molecular formula is C19H23ClF2N4O2. The van der Waals surface area contributed by atoms with Gasteiger partial charge in [-0.25, -0.2) is 0 Å². The third-order valence-corrected chi connectivity index (χ3v) is 4.16. The van der Waals surface area contributed by atoms with E-state index >= 15 is 0 Å². The van der Waals surface area contributed by atoms with Crippen molar-refractivity contribution >= 4 is 17.6 Å². The van der Waals surface area contributed by atoms with Crippen molar-refractivity contribution in [3.05, 3.63) is 63.5 Å². The molecule has 0 aliphatic heterocycles. The molecule has 0 aliphatic carbocycles. The second kappa shape index (κ2) is 11.3. The van der Waals surface area contributed by atoms with Crippen LogP contribution in [0.3, 0.4) is 0 Å². The summed E-state index contributed by atoms with van der Waals surface area (Å²) in [4.78, 5) is 15.7. The highest BCUT2D eigenvalue weighted by molar-refractivity contribution is 6.30. The second-order valence-electron chi connectivity index (χ2n) is 5.92. The number of unbranched alkanes of at least 4 members (excludes halogenated alkanes) is 1. The van der Waals surface area contributed by atoms with Gasteiger partial charge in [0.1, 0.15) is 5.75 Å². The minimum Gasteiger partial charge on any atom is -0.434 e. The summed E-state index contributed by atoms with van der Waals surface area (Å²) in [6, 6.07) is 9.55. The Morgan fingerprint density at radius 2 is 2.07 bits per heavy atom. The van der Waals surface area contributed by atoms with Crippen molar-refractivity contribution in [1.29, 1.82) is 0 Å². The Morgan fingerprint density at radius 1 is 1.25 bits per heavy atom. The van der Waals surface area contributed by atoms with Crippen molar-refractivity contribution in [2.75, 3.05) is 13.6 Å². The summed E-state index contributed by atoms with van der Waals surface area (Å²) >= 11 is 5.94. The number of aryl methyl sites for hydroxylation is 1. The van der Waals surface area contributed by atoms with E-state index in [1.54, 1.807) is 29.9 Å². The van der Waals surface area contributed by atoms with Crippen LogP contribution in [0.25, 0.3) is 0 Å². The first kappa shape index (κ1) is 21.7. The van der Waals surface area contributed by atoms with Crippen molar-refractivity contribution in [3.8, 4) is 5.75 Å². The first-order valence-electron chi connectivity index (χ1n) is 8.83. The van der Waals surface area contributed by atoms with Crippen molar-refractivity contribution in [3.63, 3.8) is 0 Å². The molecule has 9 heteroatoms. The van der Waals surface area contributed by atoms with E-state index in [9.17, 15) is 13.6 Å². The van der Waals surface area contributed by atoms with Gasteiger partial charge >= 0.3 is 6.61 Å². The van der Waals surface area contributed by atoms with E-state index in [4.69, 9.17) is 11.6 Å². The zero-order chi connectivity index (χ0) is 20.4. The number of hydrogen-bond acceptors (Lipinski definition) is 3. The van der Waals surface area contributed by atoms with Crippen molar-refractivity contribution in [2.24, 2.45) is 4.99 Å². The zero-order valence-corrected chi connectivity index (χ0v) is 16.3. The Labute approximate surface area is 167 Å². The number of halogens is 3. The Balaban J connectivity index is 1.78. The number of alkyl halides is 2. The van der Waals surface area contributed by atoms with Gasteiger partial charge in [0.05, 0.1) is 0 Å². The number of hydrogen-bond donors (Lipinski definition) is 2. The number of aliphatic imine (C=N–C) groups is 1. The van der Waals surface area contributed by atoms with Crippen LogP contribution in [0, 0.1) is 0 Å². The third-order valence-electron chi connectivity index (χ3n) is 3.93. The highest BCUT2D eigenvalue weighted by atomic mass is 35.5. The summed E-state index contributed by atoms with van der Waals surface area (Å²) in [5.41, 5.74) is 0.482. The van der Waals surface area contributed by atoms with Gasteiger partial charge in [0.15, 0.2) is 5.96 Å². The van der Waals surface area contributed by atoms with Crippen LogP contribution in [0.4, 0.5) is 8.78 Å². The van der Waals surface area contributed by atoms with Crippen LogP contribution in [0.15, 0.2) is 52.4 Å². The van der Waals surface area contributed by atoms with E-state index in [-0.39, 0.29) is 17.9 Å². The van der Waals surface area contributed by atoms with Gasteiger partial charge in [0.25, 0.3) is 0 Å². The molecule has 0 amide bonds. The Kier molecular flexibility index (Phi) is 8.74. The van der Waals surface area contributed by atoms with Crippen molar-refractivity contribution in [1.82, 2.24) is 15.2 Å². The van der Waals surface area contributed by atoms with Gasteiger partial charge < -0.3 is 19.9 Å². The molecule has 0 saturated heterocycles. The summed E-state index contributed by atoms with van der Waals surface area (Å²) in [7, 11) is 1.62. The molecule has 0 bridgehead atoms. The first-order chi connectivity index (χ1) is 13.5. The maximum atomic E-state index is 12.5. The quantitative estimate of drug-likeness (QED) is 0.377. The predicted octanol–water partition coefficient (Wildman–Crippen LogP) is 3.25. The molecular weight excluding hydrogens is 390 g/mol. The second-order valence-corrected chi connectivity index (χ2v) is 6.36. The molecule has 0 fully saturated rings. The van der Waals surface area contributed by atoms with Crippen LogP contribution in [-0.2, 0) is 13.1 Å². The lowest BCUT2D eigenvalue weighted by atomic mass is 10.2. The highest BCUT2D eigenvalue weighted by Gasteiger charge is 2.11. The van der Waals surface area contributed by atoms with Crippen molar-refractivity contribution < 1.29 is 13.5 Å². The Hall–Kier alpha value is -2.61. The van der Waals surface area contributed by atoms with Crippen LogP contribution < -0.4 is 20.9 Å². The SMILES string of the molecule is CN=C(NCCCCn1ccccc1=O)NCc1cc(Cl)ccc1OC(F)F. The zero-order valence-electron chi connectivity index (χ0n) is 15.5. The van der Waals surface area contributed by atoms with E-state index in [1.807, 2.05) is 6.07 Å². The molecule has 0 saturated carbocycles. The normalized spacial score (nSPS) is 11.5. The van der Waals surface area contributed by atoms with Gasteiger partial charge in [-0.15, -0.1) is 0 Å². The van der Waals surface area contributed by atoms with E-state index in [0.717, 1.165) is 12.8 Å². The van der Waals surface area contributed by atoms with Gasteiger partial charge in [0, 0.05) is 49.5 Å². The van der Waals surface area contributed by atoms with Crippen LogP contribution >= 0.6 is 11.6 Å². The average molecular weight is 413 g/mol. The number of guanidine groups is 1. The number of rotatable bonds is 9. The number of benzene rings is 1. The number of ether oxygens (including phenoxy) is 1.